The summed E-state index contributed by atoms with van der Waals surface area (Å²) in [5.74, 6) is 0. The molecule has 0 atom stereocenters. The van der Waals surface area contributed by atoms with Gasteiger partial charge >= 0.3 is 68.5 Å². The topological polar surface area (TPSA) is 0 Å². The van der Waals surface area contributed by atoms with E-state index in [1.807, 2.05) is 35.3 Å². The van der Waals surface area contributed by atoms with Crippen LogP contribution >= 0.6 is 0 Å². The molecule has 10 heavy (non-hydrogen) atoms. The third kappa shape index (κ3) is 2.30. The summed E-state index contributed by atoms with van der Waals surface area (Å²) in [6.07, 6.45) is 3.99. The van der Waals surface area contributed by atoms with Crippen LogP contribution in [0.25, 0.3) is 6.08 Å². The molecule has 0 aliphatic rings. The molecule has 0 nitrogen and oxygen atoms in total. The average molecular weight is 171 g/mol. The number of hydrogen-bond donors (Lipinski definition) is 0. The van der Waals surface area contributed by atoms with Crippen molar-refractivity contribution in [2.75, 3.05) is 0 Å². The summed E-state index contributed by atoms with van der Waals surface area (Å²) in [7, 11) is 0. The first kappa shape index (κ1) is 7.46. The molecule has 0 aliphatic heterocycles. The van der Waals surface area contributed by atoms with Crippen molar-refractivity contribution in [2.45, 2.75) is 0 Å². The molecule has 0 saturated carbocycles. The predicted molar refractivity (Wildman–Crippen MR) is 41.5 cm³/mol. The molecule has 0 unspecified atom stereocenters. The van der Waals surface area contributed by atoms with Gasteiger partial charge in [0.2, 0.25) is 0 Å². The van der Waals surface area contributed by atoms with E-state index in [-0.39, 0.29) is 0 Å². The van der Waals surface area contributed by atoms with Crippen molar-refractivity contribution in [1.29, 1.82) is 0 Å². The fourth-order valence-electron chi connectivity index (χ4n) is 0.712. The van der Waals surface area contributed by atoms with Crippen molar-refractivity contribution >= 4 is 11.0 Å². The molecule has 0 saturated heterocycles. The third-order valence-corrected chi connectivity index (χ3v) is 1.39. The zero-order chi connectivity index (χ0) is 7.23. The molecule has 0 fully saturated rings. The van der Waals surface area contributed by atoms with Gasteiger partial charge in [0.15, 0.2) is 0 Å². The van der Waals surface area contributed by atoms with E-state index in [9.17, 15) is 0 Å². The number of allylic oxidation sites excluding steroid dienone is 1. The Kier molecular flexibility index (Phi) is 3.14. The summed E-state index contributed by atoms with van der Waals surface area (Å²) in [4.78, 5) is 1.83. The van der Waals surface area contributed by atoms with Crippen molar-refractivity contribution in [2.24, 2.45) is 0 Å². The first-order valence-corrected chi connectivity index (χ1v) is 3.77. The third-order valence-electron chi connectivity index (χ3n) is 1.16. The van der Waals surface area contributed by atoms with E-state index in [4.69, 9.17) is 0 Å². The molecule has 1 rings (SSSR count). The molecule has 0 heterocycles. The second-order valence-electron chi connectivity index (χ2n) is 1.90. The second-order valence-corrected chi connectivity index (χ2v) is 2.29. The molecule has 0 aliphatic carbocycles. The molecular weight excluding hydrogens is 163 g/mol. The Morgan fingerprint density at radius 1 is 1.10 bits per heavy atom. The van der Waals surface area contributed by atoms with E-state index in [0.717, 1.165) is 0 Å². The van der Waals surface area contributed by atoms with Gasteiger partial charge in [-0.05, 0) is 0 Å². The maximum atomic E-state index is 3.20. The molecule has 0 radical (unpaired) electrons. The quantitative estimate of drug-likeness (QED) is 0.597. The van der Waals surface area contributed by atoms with Gasteiger partial charge in [-0.2, -0.15) is 0 Å². The Balaban J connectivity index is 2.76. The van der Waals surface area contributed by atoms with Crippen LogP contribution in [-0.4, -0.2) is 4.92 Å². The van der Waals surface area contributed by atoms with E-state index in [2.05, 4.69) is 27.7 Å². The summed E-state index contributed by atoms with van der Waals surface area (Å²) >= 11 is 3.20. The Bertz CT molecular complexity index is 224. The van der Waals surface area contributed by atoms with Crippen LogP contribution in [0.3, 0.4) is 0 Å². The maximum absolute atomic E-state index is 3.20. The van der Waals surface area contributed by atoms with Crippen LogP contribution < -0.4 is 0 Å². The molecular formula is C9H8Mn. The summed E-state index contributed by atoms with van der Waals surface area (Å²) in [5.41, 5.74) is 1.22. The first-order valence-electron chi connectivity index (χ1n) is 3.08. The van der Waals surface area contributed by atoms with Gasteiger partial charge < -0.3 is 0 Å². The Hall–Kier alpha value is -0.651. The van der Waals surface area contributed by atoms with Gasteiger partial charge in [0.05, 0.1) is 0 Å². The van der Waals surface area contributed by atoms with Gasteiger partial charge in [0, 0.05) is 0 Å². The summed E-state index contributed by atoms with van der Waals surface area (Å²) in [5, 5.41) is 0. The molecule has 0 bridgehead atoms. The molecule has 0 aromatic heterocycles. The van der Waals surface area contributed by atoms with Crippen LogP contribution in [0.15, 0.2) is 36.4 Å². The molecule has 51 valence electrons. The summed E-state index contributed by atoms with van der Waals surface area (Å²) < 4.78 is 0. The summed E-state index contributed by atoms with van der Waals surface area (Å²) in [6, 6.07) is 10.2. The van der Waals surface area contributed by atoms with Gasteiger partial charge in [0.25, 0.3) is 0 Å². The van der Waals surface area contributed by atoms with E-state index in [1.54, 1.807) is 0 Å². The van der Waals surface area contributed by atoms with Crippen LogP contribution in [0.1, 0.15) is 5.56 Å². The van der Waals surface area contributed by atoms with Gasteiger partial charge in [-0.25, -0.2) is 0 Å². The van der Waals surface area contributed by atoms with E-state index >= 15 is 0 Å². The Labute approximate surface area is 68.9 Å². The second kappa shape index (κ2) is 4.21. The molecule has 1 aromatic rings. The van der Waals surface area contributed by atoms with Gasteiger partial charge in [-0.3, -0.25) is 0 Å². The molecule has 1 aromatic carbocycles. The number of hydrogen-bond acceptors (Lipinski definition) is 0. The molecule has 0 amide bonds. The van der Waals surface area contributed by atoms with Crippen molar-refractivity contribution in [3.05, 3.63) is 42.0 Å². The minimum absolute atomic E-state index is 1.22. The van der Waals surface area contributed by atoms with E-state index in [1.165, 1.54) is 5.56 Å². The van der Waals surface area contributed by atoms with Crippen molar-refractivity contribution in [3.8, 4) is 0 Å². The Morgan fingerprint density at radius 3 is 2.40 bits per heavy atom. The van der Waals surface area contributed by atoms with Crippen molar-refractivity contribution in [1.82, 2.24) is 0 Å². The average Bonchev–Trinajstić information content (AvgIpc) is 2.03. The van der Waals surface area contributed by atoms with Gasteiger partial charge in [-0.15, -0.1) is 0 Å². The van der Waals surface area contributed by atoms with Crippen LogP contribution in [0, 0.1) is 0 Å². The normalized spacial score (nSPS) is 10.0. The fourth-order valence-corrected chi connectivity index (χ4v) is 0.825. The van der Waals surface area contributed by atoms with Crippen LogP contribution in [0.2, 0.25) is 0 Å². The fraction of sp³-hybridized carbons (Fsp3) is 0. The zero-order valence-corrected chi connectivity index (χ0v) is 6.68. The van der Waals surface area contributed by atoms with Crippen molar-refractivity contribution in [3.63, 3.8) is 0 Å². The van der Waals surface area contributed by atoms with E-state index in [0.29, 0.717) is 0 Å². The predicted octanol–water partition coefficient (Wildman–Crippen LogP) is 2.05. The van der Waals surface area contributed by atoms with Gasteiger partial charge in [0.1, 0.15) is 0 Å². The van der Waals surface area contributed by atoms with Crippen LogP contribution in [0.5, 0.6) is 0 Å². The Morgan fingerprint density at radius 2 is 1.80 bits per heavy atom. The molecule has 1 heteroatoms. The first-order chi connectivity index (χ1) is 4.93. The molecule has 0 N–H and O–H groups in total. The monoisotopic (exact) mass is 171 g/mol. The van der Waals surface area contributed by atoms with Crippen molar-refractivity contribution < 1.29 is 15.6 Å². The number of benzene rings is 1. The van der Waals surface area contributed by atoms with Crippen LogP contribution in [0.4, 0.5) is 0 Å². The zero-order valence-electron chi connectivity index (χ0n) is 5.50. The van der Waals surface area contributed by atoms with Crippen LogP contribution in [-0.2, 0) is 15.6 Å². The standard InChI is InChI=1S/C9H8.Mn/c1-2-6-9-7-4-3-5-8-9;/h1-8H;/b6-2+;. The summed E-state index contributed by atoms with van der Waals surface area (Å²) in [6.45, 7) is 0. The minimum atomic E-state index is 1.22. The SMILES string of the molecule is [Mn]=[CH]/C=C/c1ccccc1. The molecule has 0 spiro atoms. The van der Waals surface area contributed by atoms with E-state index < -0.39 is 0 Å². The van der Waals surface area contributed by atoms with Gasteiger partial charge in [-0.1, -0.05) is 0 Å². The number of rotatable bonds is 2.